The van der Waals surface area contributed by atoms with Gasteiger partial charge in [0.1, 0.15) is 11.4 Å². The molecule has 0 N–H and O–H groups in total. The fourth-order valence-electron chi connectivity index (χ4n) is 1.90. The Morgan fingerprint density at radius 2 is 1.88 bits per heavy atom. The first kappa shape index (κ1) is 18.7. The summed E-state index contributed by atoms with van der Waals surface area (Å²) in [7, 11) is 1.13. The maximum absolute atomic E-state index is 13.3. The summed E-state index contributed by atoms with van der Waals surface area (Å²) in [6.07, 6.45) is -2.78. The molecule has 0 fully saturated rings. The number of carbonyl (C=O) groups is 1. The van der Waals surface area contributed by atoms with Crippen LogP contribution in [0.5, 0.6) is 0 Å². The van der Waals surface area contributed by atoms with Gasteiger partial charge in [-0.2, -0.15) is 18.3 Å². The number of halogens is 4. The van der Waals surface area contributed by atoms with E-state index in [-0.39, 0.29) is 5.69 Å². The number of anilines is 1. The van der Waals surface area contributed by atoms with Crippen LogP contribution in [0.1, 0.15) is 26.5 Å². The summed E-state index contributed by atoms with van der Waals surface area (Å²) >= 11 is 0. The van der Waals surface area contributed by atoms with E-state index in [1.54, 1.807) is 20.8 Å². The first-order valence-corrected chi connectivity index (χ1v) is 7.13. The van der Waals surface area contributed by atoms with E-state index in [0.717, 1.165) is 36.4 Å². The molecule has 6 nitrogen and oxygen atoms in total. The van der Waals surface area contributed by atoms with Crippen molar-refractivity contribution < 1.29 is 27.1 Å². The first-order chi connectivity index (χ1) is 11.4. The number of hydrogen-bond acceptors (Lipinski definition) is 4. The number of carbonyl (C=O) groups excluding carboxylic acids is 1. The Morgan fingerprint density at radius 3 is 2.40 bits per heavy atom. The largest absolute Gasteiger partial charge is 0.443 e. The van der Waals surface area contributed by atoms with E-state index in [2.05, 4.69) is 10.1 Å². The van der Waals surface area contributed by atoms with Crippen LogP contribution in [-0.2, 0) is 10.9 Å². The molecule has 0 spiro atoms. The molecule has 0 aliphatic carbocycles. The van der Waals surface area contributed by atoms with Gasteiger partial charge in [-0.15, -0.1) is 0 Å². The minimum Gasteiger partial charge on any atom is -0.443 e. The van der Waals surface area contributed by atoms with E-state index in [1.807, 2.05) is 0 Å². The standard InChI is InChI=1S/C15H16F4N4O2/c1-14(2,3)25-13(24)22(4)11-8-23(21-12(11)15(17,18)19)10-5-9(16)6-20-7-10/h5-8H,1-4H3. The third-order valence-electron chi connectivity index (χ3n) is 2.95. The van der Waals surface area contributed by atoms with E-state index >= 15 is 0 Å². The molecular weight excluding hydrogens is 344 g/mol. The van der Waals surface area contributed by atoms with Crippen LogP contribution in [0.2, 0.25) is 0 Å². The van der Waals surface area contributed by atoms with Crippen LogP contribution in [0.4, 0.5) is 28.0 Å². The number of alkyl halides is 3. The summed E-state index contributed by atoms with van der Waals surface area (Å²) in [5, 5.41) is 3.43. The van der Waals surface area contributed by atoms with Gasteiger partial charge in [-0.1, -0.05) is 0 Å². The van der Waals surface area contributed by atoms with Gasteiger partial charge in [0, 0.05) is 13.1 Å². The molecule has 0 saturated heterocycles. The lowest BCUT2D eigenvalue weighted by molar-refractivity contribution is -0.140. The predicted octanol–water partition coefficient (Wildman–Crippen LogP) is 3.80. The summed E-state index contributed by atoms with van der Waals surface area (Å²) in [5.74, 6) is -0.733. The van der Waals surface area contributed by atoms with E-state index in [4.69, 9.17) is 4.74 Å². The molecule has 0 radical (unpaired) electrons. The highest BCUT2D eigenvalue weighted by molar-refractivity contribution is 5.88. The number of nitrogens with zero attached hydrogens (tertiary/aromatic N) is 4. The summed E-state index contributed by atoms with van der Waals surface area (Å²) < 4.78 is 58.9. The fraction of sp³-hybridized carbons (Fsp3) is 0.400. The van der Waals surface area contributed by atoms with Crippen molar-refractivity contribution in [3.8, 4) is 5.69 Å². The summed E-state index contributed by atoms with van der Waals surface area (Å²) in [4.78, 5) is 16.3. The average molecular weight is 360 g/mol. The van der Waals surface area contributed by atoms with E-state index in [9.17, 15) is 22.4 Å². The molecule has 0 unspecified atom stereocenters. The maximum atomic E-state index is 13.3. The Balaban J connectivity index is 2.48. The van der Waals surface area contributed by atoms with Gasteiger partial charge in [0.2, 0.25) is 0 Å². The molecule has 2 rings (SSSR count). The second-order valence-corrected chi connectivity index (χ2v) is 6.21. The molecule has 0 aliphatic heterocycles. The van der Waals surface area contributed by atoms with Gasteiger partial charge in [-0.25, -0.2) is 13.9 Å². The lowest BCUT2D eigenvalue weighted by atomic mass is 10.2. The fourth-order valence-corrected chi connectivity index (χ4v) is 1.90. The maximum Gasteiger partial charge on any atom is 0.437 e. The van der Waals surface area contributed by atoms with Gasteiger partial charge in [0.15, 0.2) is 5.69 Å². The Morgan fingerprint density at radius 1 is 1.24 bits per heavy atom. The van der Waals surface area contributed by atoms with Crippen LogP contribution >= 0.6 is 0 Å². The highest BCUT2D eigenvalue weighted by Gasteiger charge is 2.40. The topological polar surface area (TPSA) is 60.2 Å². The molecule has 2 aromatic heterocycles. The number of rotatable bonds is 2. The van der Waals surface area contributed by atoms with Crippen LogP contribution in [0.15, 0.2) is 24.7 Å². The molecule has 2 heterocycles. The smallest absolute Gasteiger partial charge is 0.437 e. The Kier molecular flexibility index (Phi) is 4.74. The molecule has 0 atom stereocenters. The van der Waals surface area contributed by atoms with Crippen LogP contribution < -0.4 is 4.90 Å². The van der Waals surface area contributed by atoms with Crippen molar-refractivity contribution in [3.63, 3.8) is 0 Å². The highest BCUT2D eigenvalue weighted by atomic mass is 19.4. The summed E-state index contributed by atoms with van der Waals surface area (Å²) in [6.45, 7) is 4.77. The van der Waals surface area contributed by atoms with Crippen molar-refractivity contribution in [2.45, 2.75) is 32.5 Å². The van der Waals surface area contributed by atoms with Gasteiger partial charge in [-0.3, -0.25) is 9.88 Å². The molecule has 136 valence electrons. The zero-order valence-corrected chi connectivity index (χ0v) is 13.9. The van der Waals surface area contributed by atoms with Crippen molar-refractivity contribution >= 4 is 11.8 Å². The zero-order chi connectivity index (χ0) is 19.0. The van der Waals surface area contributed by atoms with Gasteiger partial charge in [-0.05, 0) is 20.8 Å². The van der Waals surface area contributed by atoms with Gasteiger partial charge in [0.05, 0.1) is 30.0 Å². The summed E-state index contributed by atoms with van der Waals surface area (Å²) in [5.41, 5.74) is -2.72. The van der Waals surface area contributed by atoms with E-state index < -0.39 is 35.1 Å². The summed E-state index contributed by atoms with van der Waals surface area (Å²) in [6, 6.07) is 0.970. The molecule has 0 bridgehead atoms. The molecule has 10 heteroatoms. The second kappa shape index (κ2) is 6.34. The Bertz CT molecular complexity index is 781. The number of ether oxygens (including phenoxy) is 1. The quantitative estimate of drug-likeness (QED) is 0.765. The van der Waals surface area contributed by atoms with Crippen LogP contribution in [0, 0.1) is 5.82 Å². The second-order valence-electron chi connectivity index (χ2n) is 6.21. The average Bonchev–Trinajstić information content (AvgIpc) is 2.89. The minimum atomic E-state index is -4.82. The molecule has 0 aromatic carbocycles. The molecule has 2 aromatic rings. The molecule has 0 aliphatic rings. The monoisotopic (exact) mass is 360 g/mol. The predicted molar refractivity (Wildman–Crippen MR) is 81.0 cm³/mol. The van der Waals surface area contributed by atoms with E-state index in [1.165, 1.54) is 0 Å². The third-order valence-corrected chi connectivity index (χ3v) is 2.95. The van der Waals surface area contributed by atoms with Gasteiger partial charge >= 0.3 is 12.3 Å². The van der Waals surface area contributed by atoms with Crippen molar-refractivity contribution in [2.24, 2.45) is 0 Å². The Hall–Kier alpha value is -2.65. The van der Waals surface area contributed by atoms with Crippen LogP contribution in [0.25, 0.3) is 5.69 Å². The van der Waals surface area contributed by atoms with Crippen molar-refractivity contribution in [3.05, 3.63) is 36.2 Å². The molecule has 0 saturated carbocycles. The normalized spacial score (nSPS) is 12.2. The lowest BCUT2D eigenvalue weighted by Crippen LogP contribution is -2.34. The van der Waals surface area contributed by atoms with Gasteiger partial charge in [0.25, 0.3) is 0 Å². The number of amides is 1. The minimum absolute atomic E-state index is 0.0191. The lowest BCUT2D eigenvalue weighted by Gasteiger charge is -2.24. The molecular formula is C15H16F4N4O2. The van der Waals surface area contributed by atoms with Crippen LogP contribution in [-0.4, -0.2) is 33.5 Å². The van der Waals surface area contributed by atoms with Crippen LogP contribution in [0.3, 0.4) is 0 Å². The zero-order valence-electron chi connectivity index (χ0n) is 13.9. The first-order valence-electron chi connectivity index (χ1n) is 7.13. The molecule has 25 heavy (non-hydrogen) atoms. The van der Waals surface area contributed by atoms with Gasteiger partial charge < -0.3 is 4.74 Å². The third kappa shape index (κ3) is 4.46. The van der Waals surface area contributed by atoms with Crippen molar-refractivity contribution in [1.82, 2.24) is 14.8 Å². The number of hydrogen-bond donors (Lipinski definition) is 0. The SMILES string of the molecule is CN(C(=O)OC(C)(C)C)c1cn(-c2cncc(F)c2)nc1C(F)(F)F. The van der Waals surface area contributed by atoms with E-state index in [0.29, 0.717) is 4.90 Å². The highest BCUT2D eigenvalue weighted by Crippen LogP contribution is 2.36. The van der Waals surface area contributed by atoms with Crippen molar-refractivity contribution in [1.29, 1.82) is 0 Å². The number of pyridine rings is 1. The van der Waals surface area contributed by atoms with Crippen molar-refractivity contribution in [2.75, 3.05) is 11.9 Å². The number of aromatic nitrogens is 3. The molecule has 1 amide bonds. The Labute approximate surface area is 141 Å².